The molecule has 24 heavy (non-hydrogen) atoms. The molecule has 6 atom stereocenters. The maximum Gasteiger partial charge on any atom is 0.303 e. The topological polar surface area (TPSA) is 117 Å². The van der Waals surface area contributed by atoms with Crippen LogP contribution < -0.4 is 5.73 Å². The quantitative estimate of drug-likeness (QED) is 0.463. The number of hydrogen-bond acceptors (Lipinski definition) is 8. The van der Waals surface area contributed by atoms with Crippen molar-refractivity contribution in [3.8, 4) is 0 Å². The van der Waals surface area contributed by atoms with E-state index in [0.717, 1.165) is 0 Å². The molecule has 0 amide bonds. The van der Waals surface area contributed by atoms with Gasteiger partial charge in [0.1, 0.15) is 12.2 Å². The summed E-state index contributed by atoms with van der Waals surface area (Å²) in [6.07, 6.45) is -1.62. The van der Waals surface area contributed by atoms with E-state index in [1.807, 2.05) is 6.92 Å². The molecule has 1 rings (SSSR count). The smallest absolute Gasteiger partial charge is 0.303 e. The Bertz CT molecular complexity index is 442. The Morgan fingerprint density at radius 2 is 1.88 bits per heavy atom. The van der Waals surface area contributed by atoms with Crippen molar-refractivity contribution in [2.75, 3.05) is 13.2 Å². The number of nitrogens with two attached hydrogens (primary N) is 1. The van der Waals surface area contributed by atoms with E-state index in [4.69, 9.17) is 24.7 Å². The maximum absolute atomic E-state index is 11.4. The van der Waals surface area contributed by atoms with Gasteiger partial charge in [-0.25, -0.2) is 0 Å². The van der Waals surface area contributed by atoms with Crippen LogP contribution in [0.4, 0.5) is 0 Å². The van der Waals surface area contributed by atoms with Gasteiger partial charge in [0, 0.05) is 13.8 Å². The fourth-order valence-corrected chi connectivity index (χ4v) is 2.78. The lowest BCUT2D eigenvalue weighted by Gasteiger charge is -2.45. The van der Waals surface area contributed by atoms with Gasteiger partial charge in [-0.3, -0.25) is 9.59 Å². The number of hydrogen-bond donors (Lipinski definition) is 2. The van der Waals surface area contributed by atoms with Crippen LogP contribution >= 0.6 is 0 Å². The third kappa shape index (κ3) is 5.27. The van der Waals surface area contributed by atoms with Gasteiger partial charge in [0.05, 0.1) is 25.4 Å². The molecule has 1 heterocycles. The van der Waals surface area contributed by atoms with Crippen LogP contribution in [-0.4, -0.2) is 66.8 Å². The number of aliphatic hydroxyl groups is 1. The number of carbonyl (C=O) groups excluding carboxylic acids is 2. The molecular weight excluding hydrogens is 318 g/mol. The van der Waals surface area contributed by atoms with E-state index in [0.29, 0.717) is 13.0 Å². The standard InChI is InChI=1S/C16H27NO7/c1-5-7-21-11(6-2)14-13(17)16(23-10(4)20)15(22-9(3)19)12(8-18)24-14/h5,11-16,18H,1,6-8,17H2,2-4H3. The van der Waals surface area contributed by atoms with Gasteiger partial charge >= 0.3 is 11.9 Å². The summed E-state index contributed by atoms with van der Waals surface area (Å²) >= 11 is 0. The molecule has 0 aromatic heterocycles. The van der Waals surface area contributed by atoms with E-state index < -0.39 is 49.0 Å². The van der Waals surface area contributed by atoms with Crippen molar-refractivity contribution in [3.05, 3.63) is 12.7 Å². The second-order valence-corrected chi connectivity index (χ2v) is 5.62. The van der Waals surface area contributed by atoms with Gasteiger partial charge in [-0.2, -0.15) is 0 Å². The van der Waals surface area contributed by atoms with Gasteiger partial charge in [0.15, 0.2) is 12.2 Å². The zero-order chi connectivity index (χ0) is 18.3. The van der Waals surface area contributed by atoms with Gasteiger partial charge in [-0.15, -0.1) is 6.58 Å². The summed E-state index contributed by atoms with van der Waals surface area (Å²) in [4.78, 5) is 22.8. The lowest BCUT2D eigenvalue weighted by molar-refractivity contribution is -0.233. The van der Waals surface area contributed by atoms with Gasteiger partial charge in [0.25, 0.3) is 0 Å². The normalized spacial score (nSPS) is 31.1. The minimum Gasteiger partial charge on any atom is -0.457 e. The molecule has 1 saturated heterocycles. The third-order valence-corrected chi connectivity index (χ3v) is 3.76. The van der Waals surface area contributed by atoms with Crippen molar-refractivity contribution in [1.29, 1.82) is 0 Å². The average Bonchev–Trinajstić information content (AvgIpc) is 2.52. The molecule has 1 fully saturated rings. The fourth-order valence-electron chi connectivity index (χ4n) is 2.78. The van der Waals surface area contributed by atoms with E-state index >= 15 is 0 Å². The summed E-state index contributed by atoms with van der Waals surface area (Å²) in [6.45, 7) is 7.84. The molecule has 0 aliphatic carbocycles. The summed E-state index contributed by atoms with van der Waals surface area (Å²) in [6, 6.07) is -0.782. The lowest BCUT2D eigenvalue weighted by Crippen LogP contribution is -2.66. The zero-order valence-corrected chi connectivity index (χ0v) is 14.3. The summed E-state index contributed by atoms with van der Waals surface area (Å²) in [5, 5.41) is 9.61. The largest absolute Gasteiger partial charge is 0.457 e. The third-order valence-electron chi connectivity index (χ3n) is 3.76. The van der Waals surface area contributed by atoms with Crippen molar-refractivity contribution < 1.29 is 33.6 Å². The zero-order valence-electron chi connectivity index (χ0n) is 14.3. The van der Waals surface area contributed by atoms with Crippen LogP contribution in [0.2, 0.25) is 0 Å². The van der Waals surface area contributed by atoms with E-state index in [-0.39, 0.29) is 6.10 Å². The molecule has 0 spiro atoms. The minimum absolute atomic E-state index is 0.306. The highest BCUT2D eigenvalue weighted by atomic mass is 16.6. The summed E-state index contributed by atoms with van der Waals surface area (Å²) in [5.74, 6) is -1.15. The number of ether oxygens (including phenoxy) is 4. The van der Waals surface area contributed by atoms with Crippen LogP contribution in [0, 0.1) is 0 Å². The van der Waals surface area contributed by atoms with Crippen molar-refractivity contribution in [1.82, 2.24) is 0 Å². The molecule has 0 aromatic rings. The van der Waals surface area contributed by atoms with Gasteiger partial charge in [0.2, 0.25) is 0 Å². The van der Waals surface area contributed by atoms with E-state index in [2.05, 4.69) is 6.58 Å². The Labute approximate surface area is 141 Å². The summed E-state index contributed by atoms with van der Waals surface area (Å²) in [7, 11) is 0. The first-order chi connectivity index (χ1) is 11.3. The Balaban J connectivity index is 3.07. The number of carbonyl (C=O) groups is 2. The molecule has 1 aliphatic rings. The van der Waals surface area contributed by atoms with E-state index in [1.54, 1.807) is 6.08 Å². The Kier molecular flexibility index (Phi) is 8.34. The Hall–Kier alpha value is -1.48. The van der Waals surface area contributed by atoms with Crippen LogP contribution in [-0.2, 0) is 28.5 Å². The SMILES string of the molecule is C=CCOC(CC)C1OC(CO)C(OC(C)=O)C(OC(C)=O)C1N. The predicted octanol–water partition coefficient (Wildman–Crippen LogP) is -0.0820. The summed E-state index contributed by atoms with van der Waals surface area (Å²) < 4.78 is 21.9. The molecule has 0 radical (unpaired) electrons. The average molecular weight is 345 g/mol. The van der Waals surface area contributed by atoms with E-state index in [1.165, 1.54) is 13.8 Å². The lowest BCUT2D eigenvalue weighted by atomic mass is 9.89. The molecule has 8 heteroatoms. The fraction of sp³-hybridized carbons (Fsp3) is 0.750. The predicted molar refractivity (Wildman–Crippen MR) is 85.1 cm³/mol. The van der Waals surface area contributed by atoms with Crippen molar-refractivity contribution in [3.63, 3.8) is 0 Å². The highest BCUT2D eigenvalue weighted by Gasteiger charge is 2.50. The first-order valence-electron chi connectivity index (χ1n) is 7.94. The molecule has 0 saturated carbocycles. The molecule has 138 valence electrons. The first-order valence-corrected chi connectivity index (χ1v) is 7.94. The van der Waals surface area contributed by atoms with Gasteiger partial charge < -0.3 is 29.8 Å². The number of esters is 2. The van der Waals surface area contributed by atoms with Crippen LogP contribution in [0.15, 0.2) is 12.7 Å². The number of aliphatic hydroxyl groups excluding tert-OH is 1. The molecular formula is C16H27NO7. The van der Waals surface area contributed by atoms with Crippen molar-refractivity contribution in [2.45, 2.75) is 63.8 Å². The second-order valence-electron chi connectivity index (χ2n) is 5.62. The maximum atomic E-state index is 11.4. The second kappa shape index (κ2) is 9.73. The van der Waals surface area contributed by atoms with E-state index in [9.17, 15) is 14.7 Å². The Morgan fingerprint density at radius 1 is 1.29 bits per heavy atom. The van der Waals surface area contributed by atoms with Gasteiger partial charge in [-0.1, -0.05) is 13.0 Å². The molecule has 0 bridgehead atoms. The van der Waals surface area contributed by atoms with Crippen LogP contribution in [0.25, 0.3) is 0 Å². The first kappa shape index (κ1) is 20.6. The van der Waals surface area contributed by atoms with Crippen LogP contribution in [0.5, 0.6) is 0 Å². The van der Waals surface area contributed by atoms with Crippen LogP contribution in [0.1, 0.15) is 27.2 Å². The van der Waals surface area contributed by atoms with Crippen LogP contribution in [0.3, 0.4) is 0 Å². The molecule has 3 N–H and O–H groups in total. The highest BCUT2D eigenvalue weighted by molar-refractivity contribution is 5.67. The number of rotatable bonds is 8. The molecule has 8 nitrogen and oxygen atoms in total. The molecule has 0 aromatic carbocycles. The van der Waals surface area contributed by atoms with Crippen molar-refractivity contribution >= 4 is 11.9 Å². The minimum atomic E-state index is -0.987. The summed E-state index contributed by atoms with van der Waals surface area (Å²) in [5.41, 5.74) is 6.22. The monoisotopic (exact) mass is 345 g/mol. The molecule has 6 unspecified atom stereocenters. The Morgan fingerprint density at radius 3 is 2.33 bits per heavy atom. The molecule has 1 aliphatic heterocycles. The van der Waals surface area contributed by atoms with Crippen molar-refractivity contribution in [2.24, 2.45) is 5.73 Å². The highest BCUT2D eigenvalue weighted by Crippen LogP contribution is 2.28. The van der Waals surface area contributed by atoms with Gasteiger partial charge in [-0.05, 0) is 6.42 Å².